The van der Waals surface area contributed by atoms with E-state index in [1.165, 1.54) is 0 Å². The molecular weight excluding hydrogens is 240 g/mol. The average molecular weight is 260 g/mol. The Morgan fingerprint density at radius 1 is 1.61 bits per heavy atom. The topological polar surface area (TPSA) is 111 Å². The van der Waals surface area contributed by atoms with Gasteiger partial charge in [-0.15, -0.1) is 0 Å². The molecule has 1 fully saturated rings. The van der Waals surface area contributed by atoms with Gasteiger partial charge in [0, 0.05) is 33.1 Å². The fourth-order valence-electron chi connectivity index (χ4n) is 1.75. The second kappa shape index (κ2) is 6.67. The lowest BCUT2D eigenvalue weighted by molar-refractivity contribution is -0.137. The summed E-state index contributed by atoms with van der Waals surface area (Å²) in [6.07, 6.45) is 0.721. The van der Waals surface area contributed by atoms with E-state index in [4.69, 9.17) is 20.3 Å². The van der Waals surface area contributed by atoms with Crippen LogP contribution in [0.4, 0.5) is 0 Å². The van der Waals surface area contributed by atoms with Crippen LogP contribution < -0.4 is 11.1 Å². The zero-order chi connectivity index (χ0) is 13.6. The van der Waals surface area contributed by atoms with E-state index in [1.807, 2.05) is 0 Å². The Bertz CT molecular complexity index is 302. The highest BCUT2D eigenvalue weighted by atomic mass is 16.5. The van der Waals surface area contributed by atoms with E-state index in [2.05, 4.69) is 5.32 Å². The molecular formula is C11H20N2O5. The van der Waals surface area contributed by atoms with Gasteiger partial charge >= 0.3 is 5.97 Å². The summed E-state index contributed by atoms with van der Waals surface area (Å²) in [4.78, 5) is 22.0. The van der Waals surface area contributed by atoms with Crippen LogP contribution in [-0.2, 0) is 19.1 Å². The van der Waals surface area contributed by atoms with Gasteiger partial charge in [-0.25, -0.2) is 0 Å². The number of nitrogens with one attached hydrogen (secondary N) is 1. The lowest BCUT2D eigenvalue weighted by Gasteiger charge is -2.26. The lowest BCUT2D eigenvalue weighted by Crippen LogP contribution is -2.49. The summed E-state index contributed by atoms with van der Waals surface area (Å²) in [5.41, 5.74) is 5.10. The molecule has 0 saturated carbocycles. The second-order valence-corrected chi connectivity index (χ2v) is 4.45. The number of rotatable bonds is 7. The van der Waals surface area contributed by atoms with Crippen molar-refractivity contribution in [2.24, 2.45) is 5.73 Å². The molecule has 0 radical (unpaired) electrons. The molecule has 1 amide bonds. The van der Waals surface area contributed by atoms with Gasteiger partial charge in [0.1, 0.15) is 5.60 Å². The molecule has 1 rings (SSSR count). The number of amides is 1. The number of aliphatic carboxylic acids is 1. The van der Waals surface area contributed by atoms with Gasteiger partial charge in [-0.1, -0.05) is 0 Å². The molecule has 1 aliphatic heterocycles. The van der Waals surface area contributed by atoms with Gasteiger partial charge in [0.2, 0.25) is 5.91 Å². The third kappa shape index (κ3) is 4.25. The Kier molecular flexibility index (Phi) is 5.52. The van der Waals surface area contributed by atoms with Gasteiger partial charge in [-0.2, -0.15) is 0 Å². The number of hydrogen-bond donors (Lipinski definition) is 3. The molecule has 0 aromatic rings. The summed E-state index contributed by atoms with van der Waals surface area (Å²) >= 11 is 0. The summed E-state index contributed by atoms with van der Waals surface area (Å²) in [5.74, 6) is -1.32. The first-order chi connectivity index (χ1) is 8.49. The molecule has 7 nitrogen and oxygen atoms in total. The van der Waals surface area contributed by atoms with Crippen molar-refractivity contribution in [2.75, 3.05) is 26.9 Å². The number of hydrogen-bond acceptors (Lipinski definition) is 5. The van der Waals surface area contributed by atoms with Crippen molar-refractivity contribution in [2.45, 2.75) is 30.9 Å². The minimum absolute atomic E-state index is 0.118. The van der Waals surface area contributed by atoms with Crippen LogP contribution in [0.1, 0.15) is 19.3 Å². The molecule has 2 atom stereocenters. The Morgan fingerprint density at radius 3 is 2.83 bits per heavy atom. The van der Waals surface area contributed by atoms with Gasteiger partial charge in [0.25, 0.3) is 0 Å². The quantitative estimate of drug-likeness (QED) is 0.547. The van der Waals surface area contributed by atoms with Crippen molar-refractivity contribution in [1.29, 1.82) is 0 Å². The summed E-state index contributed by atoms with van der Waals surface area (Å²) < 4.78 is 10.6. The van der Waals surface area contributed by atoms with E-state index in [1.54, 1.807) is 7.11 Å². The Labute approximate surface area is 106 Å². The van der Waals surface area contributed by atoms with Crippen LogP contribution in [0.5, 0.6) is 0 Å². The monoisotopic (exact) mass is 260 g/mol. The predicted molar refractivity (Wildman–Crippen MR) is 63.0 cm³/mol. The largest absolute Gasteiger partial charge is 0.481 e. The minimum Gasteiger partial charge on any atom is -0.481 e. The van der Waals surface area contributed by atoms with Crippen LogP contribution in [0.25, 0.3) is 0 Å². The summed E-state index contributed by atoms with van der Waals surface area (Å²) in [5, 5.41) is 11.2. The maximum atomic E-state index is 11.6. The maximum Gasteiger partial charge on any atom is 0.303 e. The highest BCUT2D eigenvalue weighted by Crippen LogP contribution is 2.21. The lowest BCUT2D eigenvalue weighted by atomic mass is 10.0. The molecule has 1 saturated heterocycles. The third-order valence-corrected chi connectivity index (χ3v) is 3.09. The van der Waals surface area contributed by atoms with Crippen molar-refractivity contribution in [3.63, 3.8) is 0 Å². The third-order valence-electron chi connectivity index (χ3n) is 3.09. The maximum absolute atomic E-state index is 11.6. The fraction of sp³-hybridized carbons (Fsp3) is 0.818. The normalized spacial score (nSPS) is 24.8. The van der Waals surface area contributed by atoms with E-state index in [0.717, 1.165) is 0 Å². The van der Waals surface area contributed by atoms with Crippen LogP contribution in [-0.4, -0.2) is 55.5 Å². The highest BCUT2D eigenvalue weighted by molar-refractivity contribution is 5.82. The van der Waals surface area contributed by atoms with Crippen molar-refractivity contribution in [1.82, 2.24) is 5.32 Å². The van der Waals surface area contributed by atoms with E-state index in [-0.39, 0.29) is 18.7 Å². The number of carboxylic acid groups (broad SMARTS) is 1. The number of carbonyl (C=O) groups excluding carboxylic acids is 1. The molecule has 0 bridgehead atoms. The van der Waals surface area contributed by atoms with Gasteiger partial charge in [-0.05, 0) is 6.42 Å². The van der Waals surface area contributed by atoms with Crippen molar-refractivity contribution >= 4 is 11.9 Å². The minimum atomic E-state index is -0.962. The van der Waals surface area contributed by atoms with Crippen LogP contribution >= 0.6 is 0 Å². The molecule has 7 heteroatoms. The molecule has 0 spiro atoms. The summed E-state index contributed by atoms with van der Waals surface area (Å²) in [7, 11) is 1.57. The Balaban J connectivity index is 2.33. The van der Waals surface area contributed by atoms with Crippen LogP contribution in [0.2, 0.25) is 0 Å². The van der Waals surface area contributed by atoms with Crippen LogP contribution in [0.15, 0.2) is 0 Å². The first kappa shape index (κ1) is 14.9. The van der Waals surface area contributed by atoms with Crippen LogP contribution in [0.3, 0.4) is 0 Å². The van der Waals surface area contributed by atoms with E-state index >= 15 is 0 Å². The van der Waals surface area contributed by atoms with Crippen molar-refractivity contribution < 1.29 is 24.2 Å². The molecule has 4 N–H and O–H groups in total. The zero-order valence-corrected chi connectivity index (χ0v) is 10.5. The van der Waals surface area contributed by atoms with Crippen molar-refractivity contribution in [3.8, 4) is 0 Å². The molecule has 1 aliphatic rings. The van der Waals surface area contributed by atoms with Crippen LogP contribution in [0, 0.1) is 0 Å². The summed E-state index contributed by atoms with van der Waals surface area (Å²) in [6, 6.07) is -0.808. The molecule has 104 valence electrons. The van der Waals surface area contributed by atoms with E-state index in [9.17, 15) is 9.59 Å². The number of ether oxygens (including phenoxy) is 2. The van der Waals surface area contributed by atoms with Crippen molar-refractivity contribution in [3.05, 3.63) is 0 Å². The molecule has 0 aliphatic carbocycles. The zero-order valence-electron chi connectivity index (χ0n) is 10.5. The fourth-order valence-corrected chi connectivity index (χ4v) is 1.75. The second-order valence-electron chi connectivity index (χ2n) is 4.45. The molecule has 1 heterocycles. The van der Waals surface area contributed by atoms with Gasteiger partial charge < -0.3 is 25.6 Å². The molecule has 18 heavy (non-hydrogen) atoms. The number of carboxylic acids is 1. The van der Waals surface area contributed by atoms with Gasteiger partial charge in [-0.3, -0.25) is 9.59 Å². The number of carbonyl (C=O) groups is 2. The first-order valence-corrected chi connectivity index (χ1v) is 5.87. The average Bonchev–Trinajstić information content (AvgIpc) is 2.82. The van der Waals surface area contributed by atoms with E-state index < -0.39 is 17.6 Å². The molecule has 0 aromatic carbocycles. The van der Waals surface area contributed by atoms with Gasteiger partial charge in [0.05, 0.1) is 12.6 Å². The molecule has 0 aromatic heterocycles. The highest BCUT2D eigenvalue weighted by Gasteiger charge is 2.35. The smallest absolute Gasteiger partial charge is 0.303 e. The molecule has 2 unspecified atom stereocenters. The van der Waals surface area contributed by atoms with Gasteiger partial charge in [0.15, 0.2) is 0 Å². The SMILES string of the molecule is COC1(CNC(=O)C(N)CCC(=O)O)CCOC1. The predicted octanol–water partition coefficient (Wildman–Crippen LogP) is -0.900. The Hall–Kier alpha value is -1.18. The van der Waals surface area contributed by atoms with E-state index in [0.29, 0.717) is 26.2 Å². The standard InChI is InChI=1S/C11H20N2O5/c1-17-11(4-5-18-7-11)6-13-10(16)8(12)2-3-9(14)15/h8H,2-7,12H2,1H3,(H,13,16)(H,14,15). The Morgan fingerprint density at radius 2 is 2.33 bits per heavy atom. The first-order valence-electron chi connectivity index (χ1n) is 5.87. The number of nitrogens with two attached hydrogens (primary N) is 1. The number of methoxy groups -OCH3 is 1. The summed E-state index contributed by atoms with van der Waals surface area (Å²) in [6.45, 7) is 1.37.